The topological polar surface area (TPSA) is 85.0 Å². The van der Waals surface area contributed by atoms with Crippen molar-refractivity contribution in [1.29, 1.82) is 5.26 Å². The number of hydrogen-bond donors (Lipinski definition) is 0. The van der Waals surface area contributed by atoms with Gasteiger partial charge in [-0.3, -0.25) is 14.2 Å². The second kappa shape index (κ2) is 9.45. The molecule has 6 nitrogen and oxygen atoms in total. The summed E-state index contributed by atoms with van der Waals surface area (Å²) in [5.74, 6) is 0.584. The van der Waals surface area contributed by atoms with Crippen LogP contribution in [0.25, 0.3) is 15.9 Å². The van der Waals surface area contributed by atoms with E-state index < -0.39 is 0 Å². The Bertz CT molecular complexity index is 1500. The van der Waals surface area contributed by atoms with E-state index in [1.54, 1.807) is 47.3 Å². The third kappa shape index (κ3) is 4.02. The van der Waals surface area contributed by atoms with Crippen LogP contribution in [-0.2, 0) is 12.8 Å². The predicted octanol–water partition coefficient (Wildman–Crippen LogP) is 5.18. The number of hydrogen-bond acceptors (Lipinski definition) is 7. The van der Waals surface area contributed by atoms with Crippen LogP contribution in [0.2, 0.25) is 0 Å². The first-order chi connectivity index (χ1) is 16.6. The maximum absolute atomic E-state index is 13.9. The summed E-state index contributed by atoms with van der Waals surface area (Å²) >= 11 is 2.83. The number of rotatable bonds is 6. The molecule has 0 unspecified atom stereocenters. The minimum Gasteiger partial charge on any atom is -0.495 e. The third-order valence-electron chi connectivity index (χ3n) is 5.95. The fourth-order valence-electron chi connectivity index (χ4n) is 4.25. The number of aromatic nitrogens is 2. The number of aryl methyl sites for hydroxylation is 2. The number of ketones is 1. The summed E-state index contributed by atoms with van der Waals surface area (Å²) < 4.78 is 7.13. The van der Waals surface area contributed by atoms with Gasteiger partial charge in [-0.05, 0) is 55.5 Å². The van der Waals surface area contributed by atoms with Crippen LogP contribution in [0.1, 0.15) is 39.2 Å². The summed E-state index contributed by atoms with van der Waals surface area (Å²) in [6.07, 6.45) is 4.07. The Morgan fingerprint density at radius 1 is 1.18 bits per heavy atom. The Kier molecular flexibility index (Phi) is 6.22. The van der Waals surface area contributed by atoms with Crippen LogP contribution < -0.4 is 10.3 Å². The molecule has 0 bridgehead atoms. The first kappa shape index (κ1) is 22.4. The SMILES string of the molecule is COc1ccccc1-n1c(SCC(=O)c2ccc(C#N)cc2)nc2sc3c(c2c1=O)CCCC3. The van der Waals surface area contributed by atoms with Gasteiger partial charge in [-0.25, -0.2) is 4.98 Å². The van der Waals surface area contributed by atoms with Crippen LogP contribution in [0.3, 0.4) is 0 Å². The van der Waals surface area contributed by atoms with Crippen molar-refractivity contribution in [3.8, 4) is 17.5 Å². The minimum absolute atomic E-state index is 0.0964. The maximum Gasteiger partial charge on any atom is 0.267 e. The largest absolute Gasteiger partial charge is 0.495 e. The van der Waals surface area contributed by atoms with Crippen LogP contribution >= 0.6 is 23.1 Å². The fourth-order valence-corrected chi connectivity index (χ4v) is 6.46. The number of carbonyl (C=O) groups is 1. The number of carbonyl (C=O) groups excluding carboxylic acids is 1. The molecule has 170 valence electrons. The van der Waals surface area contributed by atoms with Crippen LogP contribution in [0.5, 0.6) is 5.75 Å². The van der Waals surface area contributed by atoms with Crippen molar-refractivity contribution < 1.29 is 9.53 Å². The Morgan fingerprint density at radius 3 is 2.71 bits per heavy atom. The number of thioether (sulfide) groups is 1. The second-order valence-electron chi connectivity index (χ2n) is 8.00. The lowest BCUT2D eigenvalue weighted by molar-refractivity contribution is 0.102. The predicted molar refractivity (Wildman–Crippen MR) is 135 cm³/mol. The highest BCUT2D eigenvalue weighted by molar-refractivity contribution is 7.99. The third-order valence-corrected chi connectivity index (χ3v) is 8.08. The Hall–Kier alpha value is -3.41. The molecular weight excluding hydrogens is 466 g/mol. The van der Waals surface area contributed by atoms with Crippen molar-refractivity contribution in [1.82, 2.24) is 9.55 Å². The number of methoxy groups -OCH3 is 1. The van der Waals surface area contributed by atoms with Gasteiger partial charge in [0.1, 0.15) is 10.6 Å². The van der Waals surface area contributed by atoms with Crippen LogP contribution in [0, 0.1) is 11.3 Å². The normalized spacial score (nSPS) is 12.8. The number of Topliss-reactive ketones (excluding diaryl/α,β-unsaturated/α-hetero) is 1. The van der Waals surface area contributed by atoms with E-state index in [0.29, 0.717) is 33.1 Å². The first-order valence-corrected chi connectivity index (χ1v) is 12.8. The summed E-state index contributed by atoms with van der Waals surface area (Å²) in [5.41, 5.74) is 2.63. The lowest BCUT2D eigenvalue weighted by Gasteiger charge is -2.15. The number of fused-ring (bicyclic) bond motifs is 3. The fraction of sp³-hybridized carbons (Fsp3) is 0.231. The highest BCUT2D eigenvalue weighted by Crippen LogP contribution is 2.36. The smallest absolute Gasteiger partial charge is 0.267 e. The summed E-state index contributed by atoms with van der Waals surface area (Å²) in [5, 5.41) is 10.1. The molecule has 1 aliphatic rings. The van der Waals surface area contributed by atoms with Crippen LogP contribution in [0.4, 0.5) is 0 Å². The van der Waals surface area contributed by atoms with Gasteiger partial charge in [0.05, 0.1) is 35.6 Å². The zero-order valence-electron chi connectivity index (χ0n) is 18.5. The van der Waals surface area contributed by atoms with E-state index in [2.05, 4.69) is 6.07 Å². The van der Waals surface area contributed by atoms with Crippen molar-refractivity contribution >= 4 is 39.1 Å². The molecule has 0 fully saturated rings. The molecular formula is C26H21N3O3S2. The molecule has 0 saturated heterocycles. The van der Waals surface area contributed by atoms with Crippen LogP contribution in [-0.4, -0.2) is 28.2 Å². The molecule has 5 rings (SSSR count). The molecule has 2 heterocycles. The monoisotopic (exact) mass is 487 g/mol. The van der Waals surface area contributed by atoms with E-state index in [1.165, 1.54) is 16.6 Å². The van der Waals surface area contributed by atoms with Gasteiger partial charge in [-0.15, -0.1) is 11.3 Å². The molecule has 8 heteroatoms. The molecule has 2 aromatic heterocycles. The number of nitrogens with zero attached hydrogens (tertiary/aromatic N) is 3. The highest BCUT2D eigenvalue weighted by atomic mass is 32.2. The number of para-hydroxylation sites is 2. The average Bonchev–Trinajstić information content (AvgIpc) is 3.26. The Morgan fingerprint density at radius 2 is 1.94 bits per heavy atom. The van der Waals surface area contributed by atoms with Gasteiger partial charge < -0.3 is 4.74 Å². The number of thiophene rings is 1. The van der Waals surface area contributed by atoms with E-state index in [-0.39, 0.29) is 17.1 Å². The summed E-state index contributed by atoms with van der Waals surface area (Å²) in [6, 6.07) is 16.0. The molecule has 2 aromatic carbocycles. The molecule has 0 atom stereocenters. The highest BCUT2D eigenvalue weighted by Gasteiger charge is 2.24. The van der Waals surface area contributed by atoms with Crippen molar-refractivity contribution in [2.75, 3.05) is 12.9 Å². The zero-order chi connectivity index (χ0) is 23.7. The number of nitriles is 1. The van der Waals surface area contributed by atoms with Crippen molar-refractivity contribution in [3.63, 3.8) is 0 Å². The molecule has 0 radical (unpaired) electrons. The quantitative estimate of drug-likeness (QED) is 0.212. The van der Waals surface area contributed by atoms with E-state index in [0.717, 1.165) is 36.1 Å². The van der Waals surface area contributed by atoms with Crippen molar-refractivity contribution in [3.05, 3.63) is 80.5 Å². The molecule has 0 saturated carbocycles. The van der Waals surface area contributed by atoms with Gasteiger partial charge in [-0.2, -0.15) is 5.26 Å². The van der Waals surface area contributed by atoms with Crippen LogP contribution in [0.15, 0.2) is 58.5 Å². The Labute approximate surface area is 204 Å². The standard InChI is InChI=1S/C26H21N3O3S2/c1-32-21-8-4-3-7-19(21)29-25(31)23-18-6-2-5-9-22(18)34-24(23)28-26(29)33-15-20(30)17-12-10-16(14-27)11-13-17/h3-4,7-8,10-13H,2,5-6,9,15H2,1H3. The average molecular weight is 488 g/mol. The summed E-state index contributed by atoms with van der Waals surface area (Å²) in [4.78, 5) is 33.6. The molecule has 1 aliphatic carbocycles. The van der Waals surface area contributed by atoms with Crippen molar-refractivity contribution in [2.24, 2.45) is 0 Å². The molecule has 0 amide bonds. The molecule has 0 spiro atoms. The summed E-state index contributed by atoms with van der Waals surface area (Å²) in [6.45, 7) is 0. The van der Waals surface area contributed by atoms with E-state index in [9.17, 15) is 9.59 Å². The minimum atomic E-state index is -0.123. The van der Waals surface area contributed by atoms with E-state index in [1.807, 2.05) is 24.3 Å². The lowest BCUT2D eigenvalue weighted by Crippen LogP contribution is -2.23. The Balaban J connectivity index is 1.60. The van der Waals surface area contributed by atoms with Gasteiger partial charge in [0.15, 0.2) is 10.9 Å². The van der Waals surface area contributed by atoms with Gasteiger partial charge in [0.25, 0.3) is 5.56 Å². The maximum atomic E-state index is 13.9. The van der Waals surface area contributed by atoms with E-state index in [4.69, 9.17) is 15.0 Å². The lowest BCUT2D eigenvalue weighted by atomic mass is 9.97. The molecule has 34 heavy (non-hydrogen) atoms. The van der Waals surface area contributed by atoms with Gasteiger partial charge in [0.2, 0.25) is 0 Å². The van der Waals surface area contributed by atoms with Crippen molar-refractivity contribution in [2.45, 2.75) is 30.8 Å². The molecule has 4 aromatic rings. The first-order valence-electron chi connectivity index (χ1n) is 11.0. The number of benzene rings is 2. The van der Waals surface area contributed by atoms with Gasteiger partial charge >= 0.3 is 0 Å². The second-order valence-corrected chi connectivity index (χ2v) is 10.0. The molecule has 0 aliphatic heterocycles. The zero-order valence-corrected chi connectivity index (χ0v) is 20.2. The molecule has 0 N–H and O–H groups in total. The number of ether oxygens (including phenoxy) is 1. The van der Waals surface area contributed by atoms with Gasteiger partial charge in [-0.1, -0.05) is 36.0 Å². The van der Waals surface area contributed by atoms with E-state index >= 15 is 0 Å². The van der Waals surface area contributed by atoms with Gasteiger partial charge in [0, 0.05) is 10.4 Å². The summed E-state index contributed by atoms with van der Waals surface area (Å²) in [7, 11) is 1.57.